The molecule has 3 rings (SSSR count). The zero-order valence-electron chi connectivity index (χ0n) is 13.4. The van der Waals surface area contributed by atoms with Crippen LogP contribution < -0.4 is 0 Å². The first kappa shape index (κ1) is 16.9. The van der Waals surface area contributed by atoms with Gasteiger partial charge in [0, 0.05) is 37.6 Å². The molecule has 3 heterocycles. The third-order valence-electron chi connectivity index (χ3n) is 4.54. The van der Waals surface area contributed by atoms with Gasteiger partial charge in [-0.2, -0.15) is 0 Å². The highest BCUT2D eigenvalue weighted by molar-refractivity contribution is 7.88. The Hall–Kier alpha value is -0.960. The number of nitrogens with zero attached hydrogens (tertiary/aromatic N) is 3. The fourth-order valence-corrected chi connectivity index (χ4v) is 4.95. The van der Waals surface area contributed by atoms with Crippen molar-refractivity contribution in [2.75, 3.05) is 45.5 Å². The van der Waals surface area contributed by atoms with Gasteiger partial charge >= 0.3 is 0 Å². The summed E-state index contributed by atoms with van der Waals surface area (Å²) in [5, 5.41) is 2.09. The average Bonchev–Trinajstić information content (AvgIpc) is 2.83. The van der Waals surface area contributed by atoms with Crippen molar-refractivity contribution in [3.05, 3.63) is 21.9 Å². The van der Waals surface area contributed by atoms with E-state index in [2.05, 4.69) is 16.3 Å². The van der Waals surface area contributed by atoms with Crippen LogP contribution in [0.15, 0.2) is 11.4 Å². The van der Waals surface area contributed by atoms with Crippen LogP contribution in [0.5, 0.6) is 0 Å². The number of sulfonamides is 1. The monoisotopic (exact) mass is 357 g/mol. The maximum atomic E-state index is 12.5. The van der Waals surface area contributed by atoms with Gasteiger partial charge in [0.1, 0.15) is 0 Å². The van der Waals surface area contributed by atoms with Crippen LogP contribution in [0.3, 0.4) is 0 Å². The van der Waals surface area contributed by atoms with Crippen LogP contribution in [-0.2, 0) is 27.8 Å². The van der Waals surface area contributed by atoms with Crippen molar-refractivity contribution in [2.45, 2.75) is 19.4 Å². The Kier molecular flexibility index (Phi) is 5.05. The van der Waals surface area contributed by atoms with Crippen LogP contribution in [0.4, 0.5) is 0 Å². The van der Waals surface area contributed by atoms with Crippen LogP contribution in [0, 0.1) is 0 Å². The minimum atomic E-state index is -3.14. The fraction of sp³-hybridized carbons (Fsp3) is 0.667. The summed E-state index contributed by atoms with van der Waals surface area (Å²) >= 11 is 1.77. The molecule has 0 N–H and O–H groups in total. The van der Waals surface area contributed by atoms with E-state index in [1.807, 2.05) is 4.90 Å². The molecule has 0 atom stereocenters. The van der Waals surface area contributed by atoms with E-state index < -0.39 is 10.0 Å². The highest BCUT2D eigenvalue weighted by Crippen LogP contribution is 2.24. The van der Waals surface area contributed by atoms with Gasteiger partial charge < -0.3 is 4.90 Å². The molecule has 2 aliphatic heterocycles. The van der Waals surface area contributed by atoms with Crippen LogP contribution in [0.25, 0.3) is 0 Å². The molecule has 1 amide bonds. The molecule has 1 fully saturated rings. The highest BCUT2D eigenvalue weighted by atomic mass is 32.2. The van der Waals surface area contributed by atoms with Gasteiger partial charge in [-0.05, 0) is 36.4 Å². The van der Waals surface area contributed by atoms with Gasteiger partial charge in [0.15, 0.2) is 0 Å². The second kappa shape index (κ2) is 6.88. The van der Waals surface area contributed by atoms with Crippen molar-refractivity contribution in [1.82, 2.24) is 14.1 Å². The normalized spacial score (nSPS) is 21.0. The Morgan fingerprint density at radius 2 is 2.04 bits per heavy atom. The lowest BCUT2D eigenvalue weighted by Gasteiger charge is -2.29. The second-order valence-corrected chi connectivity index (χ2v) is 9.21. The molecular weight excluding hydrogens is 334 g/mol. The van der Waals surface area contributed by atoms with Crippen molar-refractivity contribution in [1.29, 1.82) is 0 Å². The standard InChI is InChI=1S/C15H23N3O3S2/c1-23(20,21)18-6-2-5-16(8-9-18)12-15(19)17-7-3-14-13(11-17)4-10-22-14/h4,10H,2-3,5-9,11-12H2,1H3. The summed E-state index contributed by atoms with van der Waals surface area (Å²) in [6.45, 7) is 4.30. The number of hydrogen-bond donors (Lipinski definition) is 0. The molecule has 0 bridgehead atoms. The molecule has 0 unspecified atom stereocenters. The minimum Gasteiger partial charge on any atom is -0.337 e. The van der Waals surface area contributed by atoms with Crippen LogP contribution in [0.1, 0.15) is 16.9 Å². The van der Waals surface area contributed by atoms with Crippen molar-refractivity contribution in [3.8, 4) is 0 Å². The van der Waals surface area contributed by atoms with Crippen LogP contribution in [0.2, 0.25) is 0 Å². The maximum absolute atomic E-state index is 12.5. The van der Waals surface area contributed by atoms with Crippen LogP contribution in [-0.4, -0.2) is 74.0 Å². The third kappa shape index (κ3) is 4.12. The molecule has 6 nitrogen and oxygen atoms in total. The molecule has 0 spiro atoms. The molecule has 0 saturated carbocycles. The molecule has 1 aromatic rings. The second-order valence-electron chi connectivity index (χ2n) is 6.23. The Balaban J connectivity index is 1.54. The third-order valence-corrected chi connectivity index (χ3v) is 6.86. The van der Waals surface area contributed by atoms with E-state index in [4.69, 9.17) is 0 Å². The Morgan fingerprint density at radius 1 is 1.22 bits per heavy atom. The first-order valence-corrected chi connectivity index (χ1v) is 10.7. The van der Waals surface area contributed by atoms with E-state index in [-0.39, 0.29) is 5.91 Å². The fourth-order valence-electron chi connectivity index (χ4n) is 3.19. The van der Waals surface area contributed by atoms with Gasteiger partial charge in [-0.1, -0.05) is 0 Å². The van der Waals surface area contributed by atoms with Gasteiger partial charge in [0.2, 0.25) is 15.9 Å². The summed E-state index contributed by atoms with van der Waals surface area (Å²) < 4.78 is 24.8. The van der Waals surface area contributed by atoms with Gasteiger partial charge in [-0.15, -0.1) is 11.3 Å². The number of hydrogen-bond acceptors (Lipinski definition) is 5. The van der Waals surface area contributed by atoms with Crippen molar-refractivity contribution < 1.29 is 13.2 Å². The molecule has 0 radical (unpaired) electrons. The van der Waals surface area contributed by atoms with Crippen molar-refractivity contribution in [2.24, 2.45) is 0 Å². The van der Waals surface area contributed by atoms with E-state index >= 15 is 0 Å². The largest absolute Gasteiger partial charge is 0.337 e. The predicted octanol–water partition coefficient (Wildman–Crippen LogP) is 0.600. The quantitative estimate of drug-likeness (QED) is 0.795. The zero-order valence-corrected chi connectivity index (χ0v) is 15.0. The van der Waals surface area contributed by atoms with Gasteiger partial charge in [0.25, 0.3) is 0 Å². The predicted molar refractivity (Wildman–Crippen MR) is 90.9 cm³/mol. The maximum Gasteiger partial charge on any atom is 0.237 e. The number of fused-ring (bicyclic) bond motifs is 1. The summed E-state index contributed by atoms with van der Waals surface area (Å²) in [6.07, 6.45) is 2.97. The molecule has 1 saturated heterocycles. The van der Waals surface area contributed by atoms with Crippen molar-refractivity contribution in [3.63, 3.8) is 0 Å². The number of carbonyl (C=O) groups excluding carboxylic acids is 1. The zero-order chi connectivity index (χ0) is 16.4. The number of rotatable bonds is 3. The van der Waals surface area contributed by atoms with E-state index in [1.54, 1.807) is 11.3 Å². The first-order valence-electron chi connectivity index (χ1n) is 7.94. The molecule has 2 aliphatic rings. The van der Waals surface area contributed by atoms with Crippen molar-refractivity contribution >= 4 is 27.3 Å². The smallest absolute Gasteiger partial charge is 0.237 e. The number of thiophene rings is 1. The topological polar surface area (TPSA) is 60.9 Å². The summed E-state index contributed by atoms with van der Waals surface area (Å²) in [6, 6.07) is 2.11. The van der Waals surface area contributed by atoms with E-state index in [9.17, 15) is 13.2 Å². The Labute approximate surface area is 141 Å². The van der Waals surface area contributed by atoms with Crippen LogP contribution >= 0.6 is 11.3 Å². The number of amides is 1. The van der Waals surface area contributed by atoms with E-state index in [0.29, 0.717) is 32.7 Å². The molecule has 128 valence electrons. The summed E-state index contributed by atoms with van der Waals surface area (Å²) in [7, 11) is -3.14. The molecule has 1 aromatic heterocycles. The highest BCUT2D eigenvalue weighted by Gasteiger charge is 2.25. The van der Waals surface area contributed by atoms with Gasteiger partial charge in [-0.3, -0.25) is 9.69 Å². The molecule has 23 heavy (non-hydrogen) atoms. The Morgan fingerprint density at radius 3 is 2.83 bits per heavy atom. The summed E-state index contributed by atoms with van der Waals surface area (Å²) in [5.74, 6) is 0.148. The van der Waals surface area contributed by atoms with Gasteiger partial charge in [0.05, 0.1) is 12.8 Å². The lowest BCUT2D eigenvalue weighted by molar-refractivity contribution is -0.133. The first-order chi connectivity index (χ1) is 10.9. The molecule has 0 aromatic carbocycles. The van der Waals surface area contributed by atoms with Gasteiger partial charge in [-0.25, -0.2) is 12.7 Å². The Bertz CT molecular complexity index is 671. The summed E-state index contributed by atoms with van der Waals surface area (Å²) in [5.41, 5.74) is 1.27. The lowest BCUT2D eigenvalue weighted by Crippen LogP contribution is -2.43. The van der Waals surface area contributed by atoms with E-state index in [1.165, 1.54) is 21.0 Å². The lowest BCUT2D eigenvalue weighted by atomic mass is 10.1. The number of carbonyl (C=O) groups is 1. The minimum absolute atomic E-state index is 0.148. The average molecular weight is 358 g/mol. The molecular formula is C15H23N3O3S2. The summed E-state index contributed by atoms with van der Waals surface area (Å²) in [4.78, 5) is 17.9. The SMILES string of the molecule is CS(=O)(=O)N1CCCN(CC(=O)N2CCc3sccc3C2)CC1. The molecule has 0 aliphatic carbocycles. The molecule has 8 heteroatoms. The van der Waals surface area contributed by atoms with E-state index in [0.717, 1.165) is 25.9 Å².